The van der Waals surface area contributed by atoms with Crippen LogP contribution in [0.2, 0.25) is 0 Å². The van der Waals surface area contributed by atoms with Crippen molar-refractivity contribution >= 4 is 12.1 Å². The highest BCUT2D eigenvalue weighted by molar-refractivity contribution is 6.12. The predicted octanol–water partition coefficient (Wildman–Crippen LogP) is 4.78. The minimum atomic E-state index is -0.156. The number of aromatic nitrogens is 2. The monoisotopic (exact) mass is 340 g/mol. The van der Waals surface area contributed by atoms with Crippen molar-refractivity contribution in [3.8, 4) is 0 Å². The Labute approximate surface area is 150 Å². The van der Waals surface area contributed by atoms with E-state index in [0.29, 0.717) is 17.7 Å². The van der Waals surface area contributed by atoms with Crippen LogP contribution in [0.3, 0.4) is 0 Å². The van der Waals surface area contributed by atoms with Gasteiger partial charge in [0, 0.05) is 18.0 Å². The number of benzene rings is 1. The Balaban J connectivity index is 2.68. The van der Waals surface area contributed by atoms with E-state index < -0.39 is 0 Å². The first kappa shape index (κ1) is 19.1. The average molecular weight is 340 g/mol. The highest BCUT2D eigenvalue weighted by atomic mass is 16.1. The summed E-state index contributed by atoms with van der Waals surface area (Å²) in [4.78, 5) is 29.7. The van der Waals surface area contributed by atoms with E-state index in [1.54, 1.807) is 0 Å². The van der Waals surface area contributed by atoms with Gasteiger partial charge in [0.1, 0.15) is 17.2 Å². The molecule has 0 unspecified atom stereocenters. The molecule has 0 saturated heterocycles. The molecule has 0 fully saturated rings. The number of carbonyl (C=O) groups excluding carboxylic acids is 2. The summed E-state index contributed by atoms with van der Waals surface area (Å²) in [6, 6.07) is 4.18. The second-order valence-electron chi connectivity index (χ2n) is 6.68. The van der Waals surface area contributed by atoms with Gasteiger partial charge in [0.05, 0.1) is 0 Å². The maximum atomic E-state index is 13.2. The fourth-order valence-corrected chi connectivity index (χ4v) is 3.74. The van der Waals surface area contributed by atoms with Gasteiger partial charge in [0.25, 0.3) is 0 Å². The van der Waals surface area contributed by atoms with Gasteiger partial charge in [-0.3, -0.25) is 9.59 Å². The maximum Gasteiger partial charge on any atom is 0.214 e. The zero-order chi connectivity index (χ0) is 18.7. The minimum Gasteiger partial charge on any atom is -0.322 e. The maximum absolute atomic E-state index is 13.2. The van der Waals surface area contributed by atoms with Crippen LogP contribution < -0.4 is 0 Å². The van der Waals surface area contributed by atoms with Gasteiger partial charge in [-0.25, -0.2) is 4.98 Å². The molecule has 0 amide bonds. The molecule has 0 radical (unpaired) electrons. The van der Waals surface area contributed by atoms with Crippen LogP contribution >= 0.6 is 0 Å². The third-order valence-corrected chi connectivity index (χ3v) is 4.88. The molecule has 25 heavy (non-hydrogen) atoms. The number of carbonyl (C=O) groups is 2. The number of rotatable bonds is 7. The SMILES string of the molecule is CCc1nc(C(=O)c2c(C)cc(C)cc2C)c(C=O)n1C(CC)CC. The van der Waals surface area contributed by atoms with Gasteiger partial charge in [-0.1, -0.05) is 38.5 Å². The minimum absolute atomic E-state index is 0.156. The molecular weight excluding hydrogens is 312 g/mol. The molecule has 1 aromatic heterocycles. The lowest BCUT2D eigenvalue weighted by molar-refractivity contribution is 0.102. The van der Waals surface area contributed by atoms with Crippen LogP contribution in [0, 0.1) is 20.8 Å². The lowest BCUT2D eigenvalue weighted by Gasteiger charge is -2.18. The molecule has 1 heterocycles. The largest absolute Gasteiger partial charge is 0.322 e. The Hall–Kier alpha value is -2.23. The third kappa shape index (κ3) is 3.44. The van der Waals surface area contributed by atoms with Crippen molar-refractivity contribution in [1.82, 2.24) is 9.55 Å². The number of aryl methyl sites for hydroxylation is 4. The second-order valence-corrected chi connectivity index (χ2v) is 6.68. The van der Waals surface area contributed by atoms with E-state index in [9.17, 15) is 9.59 Å². The Bertz CT molecular complexity index is 775. The van der Waals surface area contributed by atoms with Gasteiger partial charge in [0.2, 0.25) is 5.78 Å². The summed E-state index contributed by atoms with van der Waals surface area (Å²) < 4.78 is 1.97. The molecule has 0 aliphatic carbocycles. The predicted molar refractivity (Wildman–Crippen MR) is 101 cm³/mol. The molecule has 0 aliphatic rings. The second kappa shape index (κ2) is 7.77. The van der Waals surface area contributed by atoms with E-state index in [4.69, 9.17) is 0 Å². The van der Waals surface area contributed by atoms with Gasteiger partial charge in [-0.2, -0.15) is 0 Å². The highest BCUT2D eigenvalue weighted by Gasteiger charge is 2.27. The summed E-state index contributed by atoms with van der Waals surface area (Å²) in [5, 5.41) is 0. The van der Waals surface area contributed by atoms with E-state index in [2.05, 4.69) is 18.8 Å². The fourth-order valence-electron chi connectivity index (χ4n) is 3.74. The first-order chi connectivity index (χ1) is 11.9. The molecule has 4 heteroatoms. The topological polar surface area (TPSA) is 52.0 Å². The molecule has 1 aromatic carbocycles. The molecule has 2 aromatic rings. The van der Waals surface area contributed by atoms with Gasteiger partial charge in [-0.05, 0) is 44.7 Å². The summed E-state index contributed by atoms with van der Waals surface area (Å²) in [7, 11) is 0. The summed E-state index contributed by atoms with van der Waals surface area (Å²) in [5.41, 5.74) is 4.33. The molecule has 0 aliphatic heterocycles. The molecule has 2 rings (SSSR count). The quantitative estimate of drug-likeness (QED) is 0.538. The van der Waals surface area contributed by atoms with Crippen molar-refractivity contribution in [3.63, 3.8) is 0 Å². The van der Waals surface area contributed by atoms with Crippen molar-refractivity contribution in [2.24, 2.45) is 0 Å². The molecule has 4 nitrogen and oxygen atoms in total. The van der Waals surface area contributed by atoms with Crippen LogP contribution in [-0.2, 0) is 6.42 Å². The zero-order valence-corrected chi connectivity index (χ0v) is 16.1. The fraction of sp³-hybridized carbons (Fsp3) is 0.476. The smallest absolute Gasteiger partial charge is 0.214 e. The number of imidazole rings is 1. The molecule has 0 atom stereocenters. The lowest BCUT2D eigenvalue weighted by atomic mass is 9.94. The summed E-state index contributed by atoms with van der Waals surface area (Å²) in [5.74, 6) is 0.651. The molecular formula is C21H28N2O2. The van der Waals surface area contributed by atoms with Crippen LogP contribution in [0.1, 0.15) is 88.7 Å². The molecule has 134 valence electrons. The van der Waals surface area contributed by atoms with Crippen LogP contribution in [-0.4, -0.2) is 21.6 Å². The van der Waals surface area contributed by atoms with Gasteiger partial charge in [-0.15, -0.1) is 0 Å². The number of hydrogen-bond donors (Lipinski definition) is 0. The number of aldehydes is 1. The van der Waals surface area contributed by atoms with Crippen molar-refractivity contribution in [2.45, 2.75) is 66.8 Å². The summed E-state index contributed by atoms with van der Waals surface area (Å²) in [6.07, 6.45) is 3.28. The number of ketones is 1. The standard InChI is InChI=1S/C21H28N2O2/c1-7-16(8-2)23-17(12-24)20(22-18(23)9-3)21(25)19-14(5)10-13(4)11-15(19)6/h10-12,16H,7-9H2,1-6H3. The van der Waals surface area contributed by atoms with Crippen LogP contribution in [0.4, 0.5) is 0 Å². The van der Waals surface area contributed by atoms with Crippen molar-refractivity contribution in [3.05, 3.63) is 51.6 Å². The highest BCUT2D eigenvalue weighted by Crippen LogP contribution is 2.26. The Morgan fingerprint density at radius 1 is 1.12 bits per heavy atom. The van der Waals surface area contributed by atoms with Gasteiger partial charge >= 0.3 is 0 Å². The van der Waals surface area contributed by atoms with E-state index in [1.807, 2.05) is 44.4 Å². The Kier molecular flexibility index (Phi) is 5.93. The van der Waals surface area contributed by atoms with Crippen LogP contribution in [0.5, 0.6) is 0 Å². The van der Waals surface area contributed by atoms with E-state index >= 15 is 0 Å². The average Bonchev–Trinajstić information content (AvgIpc) is 2.93. The Morgan fingerprint density at radius 3 is 2.12 bits per heavy atom. The first-order valence-corrected chi connectivity index (χ1v) is 9.08. The van der Waals surface area contributed by atoms with E-state index in [1.165, 1.54) is 0 Å². The third-order valence-electron chi connectivity index (χ3n) is 4.88. The Morgan fingerprint density at radius 2 is 1.68 bits per heavy atom. The summed E-state index contributed by atoms with van der Waals surface area (Å²) >= 11 is 0. The van der Waals surface area contributed by atoms with Crippen LogP contribution in [0.25, 0.3) is 0 Å². The molecule has 0 spiro atoms. The first-order valence-electron chi connectivity index (χ1n) is 9.08. The van der Waals surface area contributed by atoms with Crippen LogP contribution in [0.15, 0.2) is 12.1 Å². The van der Waals surface area contributed by atoms with Crippen molar-refractivity contribution in [2.75, 3.05) is 0 Å². The number of nitrogens with zero attached hydrogens (tertiary/aromatic N) is 2. The normalized spacial score (nSPS) is 11.2. The van der Waals surface area contributed by atoms with E-state index in [-0.39, 0.29) is 17.5 Å². The summed E-state index contributed by atoms with van der Waals surface area (Å²) in [6.45, 7) is 12.1. The van der Waals surface area contributed by atoms with Crippen molar-refractivity contribution < 1.29 is 9.59 Å². The zero-order valence-electron chi connectivity index (χ0n) is 16.1. The van der Waals surface area contributed by atoms with Gasteiger partial charge < -0.3 is 4.57 Å². The van der Waals surface area contributed by atoms with E-state index in [0.717, 1.165) is 41.6 Å². The van der Waals surface area contributed by atoms with Gasteiger partial charge in [0.15, 0.2) is 6.29 Å². The molecule has 0 saturated carbocycles. The van der Waals surface area contributed by atoms with Crippen molar-refractivity contribution in [1.29, 1.82) is 0 Å². The molecule has 0 bridgehead atoms. The number of hydrogen-bond acceptors (Lipinski definition) is 3. The molecule has 0 N–H and O–H groups in total. The lowest BCUT2D eigenvalue weighted by Crippen LogP contribution is -2.15.